The molecule has 1 fully saturated rings. The molecule has 12 heteroatoms. The molecule has 0 saturated heterocycles. The van der Waals surface area contributed by atoms with Gasteiger partial charge in [-0.05, 0) is 69.5 Å². The van der Waals surface area contributed by atoms with E-state index in [1.54, 1.807) is 0 Å². The molecule has 2 aliphatic rings. The Bertz CT molecular complexity index is 1010. The Hall–Kier alpha value is -2.34. The predicted octanol–water partition coefficient (Wildman–Crippen LogP) is 5.59. The summed E-state index contributed by atoms with van der Waals surface area (Å²) in [5, 5.41) is 3.00. The van der Waals surface area contributed by atoms with Gasteiger partial charge in [-0.1, -0.05) is 11.3 Å². The van der Waals surface area contributed by atoms with Crippen LogP contribution in [0.1, 0.15) is 71.6 Å². The van der Waals surface area contributed by atoms with Crippen LogP contribution in [0.2, 0.25) is 0 Å². The number of halogens is 5. The predicted molar refractivity (Wildman–Crippen MR) is 129 cm³/mol. The van der Waals surface area contributed by atoms with Crippen LogP contribution in [-0.4, -0.2) is 59.2 Å². The Morgan fingerprint density at radius 2 is 1.95 bits per heavy atom. The third kappa shape index (κ3) is 8.07. The van der Waals surface area contributed by atoms with Gasteiger partial charge >= 0.3 is 6.18 Å². The summed E-state index contributed by atoms with van der Waals surface area (Å²) < 4.78 is 68.2. The third-order valence-corrected chi connectivity index (χ3v) is 8.07. The SMILES string of the molecule is O=C(NC1CCC(CCCN2CCc3nc(OCC(F)(F)F)sc3CC2)CC1)c1cccnc1C(F)F. The highest BCUT2D eigenvalue weighted by atomic mass is 32.1. The quantitative estimate of drug-likeness (QED) is 0.416. The minimum Gasteiger partial charge on any atom is -0.460 e. The summed E-state index contributed by atoms with van der Waals surface area (Å²) in [5.41, 5.74) is 0.298. The molecule has 0 radical (unpaired) electrons. The van der Waals surface area contributed by atoms with Crippen LogP contribution in [0.4, 0.5) is 22.0 Å². The number of hydrogen-bond donors (Lipinski definition) is 1. The van der Waals surface area contributed by atoms with Gasteiger partial charge in [0.2, 0.25) is 0 Å². The van der Waals surface area contributed by atoms with E-state index < -0.39 is 30.8 Å². The van der Waals surface area contributed by atoms with Crippen LogP contribution >= 0.6 is 11.3 Å². The third-order valence-electron chi connectivity index (χ3n) is 7.00. The summed E-state index contributed by atoms with van der Waals surface area (Å²) in [7, 11) is 0. The lowest BCUT2D eigenvalue weighted by Gasteiger charge is -2.30. The molecule has 204 valence electrons. The molecule has 2 aromatic heterocycles. The lowest BCUT2D eigenvalue weighted by Crippen LogP contribution is -2.38. The maximum Gasteiger partial charge on any atom is 0.422 e. The van der Waals surface area contributed by atoms with E-state index in [2.05, 4.69) is 20.2 Å². The summed E-state index contributed by atoms with van der Waals surface area (Å²) in [6.45, 7) is 1.31. The first-order valence-corrected chi connectivity index (χ1v) is 13.4. The second kappa shape index (κ2) is 12.5. The number of hydrogen-bond acceptors (Lipinski definition) is 6. The number of aromatic nitrogens is 2. The molecule has 37 heavy (non-hydrogen) atoms. The number of pyridine rings is 1. The van der Waals surface area contributed by atoms with E-state index >= 15 is 0 Å². The van der Waals surface area contributed by atoms with Crippen molar-refractivity contribution in [3.05, 3.63) is 40.2 Å². The number of nitrogens with one attached hydrogen (secondary N) is 1. The van der Waals surface area contributed by atoms with E-state index in [4.69, 9.17) is 4.74 Å². The van der Waals surface area contributed by atoms with Crippen molar-refractivity contribution in [1.29, 1.82) is 0 Å². The van der Waals surface area contributed by atoms with Crippen LogP contribution < -0.4 is 10.1 Å². The molecule has 0 atom stereocenters. The number of thiazole rings is 1. The van der Waals surface area contributed by atoms with E-state index in [1.807, 2.05) is 0 Å². The molecule has 4 rings (SSSR count). The van der Waals surface area contributed by atoms with Gasteiger partial charge in [-0.15, -0.1) is 0 Å². The van der Waals surface area contributed by atoms with Crippen molar-refractivity contribution in [2.45, 2.75) is 70.0 Å². The van der Waals surface area contributed by atoms with Crippen LogP contribution in [0.5, 0.6) is 5.19 Å². The zero-order valence-electron chi connectivity index (χ0n) is 20.4. The molecule has 0 aromatic carbocycles. The minimum atomic E-state index is -4.37. The molecule has 3 heterocycles. The number of fused-ring (bicyclic) bond motifs is 1. The fraction of sp³-hybridized carbons (Fsp3) is 0.640. The second-order valence-electron chi connectivity index (χ2n) is 9.67. The van der Waals surface area contributed by atoms with Crippen molar-refractivity contribution in [2.75, 3.05) is 26.2 Å². The number of carbonyl (C=O) groups excluding carboxylic acids is 1. The Labute approximate surface area is 216 Å². The van der Waals surface area contributed by atoms with Crippen molar-refractivity contribution >= 4 is 17.2 Å². The number of nitrogens with zero attached hydrogens (tertiary/aromatic N) is 3. The average Bonchev–Trinajstić information content (AvgIpc) is 3.17. The highest BCUT2D eigenvalue weighted by Gasteiger charge is 2.30. The lowest BCUT2D eigenvalue weighted by molar-refractivity contribution is -0.153. The number of amides is 1. The largest absolute Gasteiger partial charge is 0.460 e. The smallest absolute Gasteiger partial charge is 0.422 e. The van der Waals surface area contributed by atoms with Crippen LogP contribution in [-0.2, 0) is 12.8 Å². The van der Waals surface area contributed by atoms with Crippen LogP contribution in [0.15, 0.2) is 18.3 Å². The molecule has 1 aliphatic carbocycles. The zero-order chi connectivity index (χ0) is 26.4. The maximum atomic E-state index is 13.1. The van der Waals surface area contributed by atoms with Gasteiger partial charge in [-0.2, -0.15) is 13.2 Å². The van der Waals surface area contributed by atoms with Crippen LogP contribution in [0, 0.1) is 5.92 Å². The second-order valence-corrected chi connectivity index (χ2v) is 10.7. The van der Waals surface area contributed by atoms with Crippen molar-refractivity contribution < 1.29 is 31.5 Å². The molecule has 1 saturated carbocycles. The van der Waals surface area contributed by atoms with Gasteiger partial charge in [0.05, 0.1) is 11.3 Å². The topological polar surface area (TPSA) is 67.4 Å². The summed E-state index contributed by atoms with van der Waals surface area (Å²) >= 11 is 1.21. The molecular weight excluding hydrogens is 515 g/mol. The van der Waals surface area contributed by atoms with Crippen LogP contribution in [0.25, 0.3) is 0 Å². The van der Waals surface area contributed by atoms with Crippen molar-refractivity contribution in [3.8, 4) is 5.19 Å². The van der Waals surface area contributed by atoms with Gasteiger partial charge in [0.15, 0.2) is 6.61 Å². The van der Waals surface area contributed by atoms with E-state index in [0.717, 1.165) is 75.2 Å². The van der Waals surface area contributed by atoms with E-state index in [0.29, 0.717) is 12.3 Å². The molecule has 1 amide bonds. The summed E-state index contributed by atoms with van der Waals surface area (Å²) in [4.78, 5) is 23.8. The highest BCUT2D eigenvalue weighted by Crippen LogP contribution is 2.31. The Balaban J connectivity index is 1.14. The standard InChI is InChI=1S/C25H31F5N4O2S/c26-22(27)21-18(4-1-11-31-21)23(35)32-17-7-5-16(6-8-17)3-2-12-34-13-9-19-20(10-14-34)37-24(33-19)36-15-25(28,29)30/h1,4,11,16-17,22H,2-3,5-10,12-15H2,(H,32,35). The minimum absolute atomic E-state index is 0.0170. The normalized spacial score (nSPS) is 20.9. The van der Waals surface area contributed by atoms with Crippen molar-refractivity contribution in [1.82, 2.24) is 20.2 Å². The Morgan fingerprint density at radius 3 is 2.68 bits per heavy atom. The fourth-order valence-corrected chi connectivity index (χ4v) is 6.00. The molecule has 6 nitrogen and oxygen atoms in total. The van der Waals surface area contributed by atoms with Gasteiger partial charge in [0.1, 0.15) is 5.69 Å². The summed E-state index contributed by atoms with van der Waals surface area (Å²) in [6, 6.07) is 2.85. The van der Waals surface area contributed by atoms with Gasteiger partial charge in [0.25, 0.3) is 17.5 Å². The van der Waals surface area contributed by atoms with Gasteiger partial charge in [-0.3, -0.25) is 9.78 Å². The van der Waals surface area contributed by atoms with E-state index in [1.165, 1.54) is 29.7 Å². The van der Waals surface area contributed by atoms with Crippen LogP contribution in [0.3, 0.4) is 0 Å². The van der Waals surface area contributed by atoms with Crippen molar-refractivity contribution in [3.63, 3.8) is 0 Å². The monoisotopic (exact) mass is 546 g/mol. The van der Waals surface area contributed by atoms with E-state index in [9.17, 15) is 26.7 Å². The van der Waals surface area contributed by atoms with Gasteiger partial charge in [-0.25, -0.2) is 13.8 Å². The Morgan fingerprint density at radius 1 is 1.19 bits per heavy atom. The fourth-order valence-electron chi connectivity index (χ4n) is 5.06. The molecule has 0 spiro atoms. The number of ether oxygens (including phenoxy) is 1. The van der Waals surface area contributed by atoms with Crippen molar-refractivity contribution in [2.24, 2.45) is 5.92 Å². The number of alkyl halides is 5. The molecular formula is C25H31F5N4O2S. The number of carbonyl (C=O) groups is 1. The Kier molecular flexibility index (Phi) is 9.33. The molecule has 0 bridgehead atoms. The summed E-state index contributed by atoms with van der Waals surface area (Å²) in [6.07, 6.45) is 1.34. The van der Waals surface area contributed by atoms with Gasteiger partial charge in [0, 0.05) is 36.6 Å². The highest BCUT2D eigenvalue weighted by molar-refractivity contribution is 7.13. The first-order valence-electron chi connectivity index (χ1n) is 12.6. The molecule has 1 N–H and O–H groups in total. The number of rotatable bonds is 9. The first kappa shape index (κ1) is 27.7. The first-order chi connectivity index (χ1) is 17.7. The lowest BCUT2D eigenvalue weighted by atomic mass is 9.83. The summed E-state index contributed by atoms with van der Waals surface area (Å²) in [5.74, 6) is 0.0850. The molecule has 1 aliphatic heterocycles. The van der Waals surface area contributed by atoms with Gasteiger partial charge < -0.3 is 15.0 Å². The molecule has 0 unspecified atom stereocenters. The van der Waals surface area contributed by atoms with E-state index in [-0.39, 0.29) is 16.8 Å². The molecule has 2 aromatic rings. The maximum absolute atomic E-state index is 13.1. The average molecular weight is 547 g/mol. The zero-order valence-corrected chi connectivity index (χ0v) is 21.2.